The molecule has 0 aliphatic heterocycles. The Hall–Kier alpha value is -2.15. The molecule has 0 aromatic carbocycles. The van der Waals surface area contributed by atoms with E-state index in [1.54, 1.807) is 0 Å². The maximum absolute atomic E-state index is 12.4. The van der Waals surface area contributed by atoms with E-state index < -0.39 is 0 Å². The van der Waals surface area contributed by atoms with Crippen LogP contribution in [0, 0.1) is 13.8 Å². The number of aromatic nitrogens is 3. The van der Waals surface area contributed by atoms with E-state index in [1.807, 2.05) is 31.6 Å². The van der Waals surface area contributed by atoms with Gasteiger partial charge in [0.05, 0.1) is 22.8 Å². The normalized spacial score (nSPS) is 11.6. The first kappa shape index (κ1) is 15.7. The smallest absolute Gasteiger partial charge is 0.261 e. The van der Waals surface area contributed by atoms with Crippen molar-refractivity contribution in [2.24, 2.45) is 7.05 Å². The van der Waals surface area contributed by atoms with Crippen molar-refractivity contribution in [1.82, 2.24) is 20.1 Å². The SMILES string of the molecule is Cc1nc(CNC(=O)c2cc3c(C(C)C)nn(C)c3s2)oc1C. The molecule has 1 N–H and O–H groups in total. The molecule has 122 valence electrons. The summed E-state index contributed by atoms with van der Waals surface area (Å²) in [4.78, 5) is 18.3. The summed E-state index contributed by atoms with van der Waals surface area (Å²) in [6.07, 6.45) is 0. The predicted octanol–water partition coefficient (Wildman–Crippen LogP) is 3.29. The van der Waals surface area contributed by atoms with Gasteiger partial charge in [-0.25, -0.2) is 4.98 Å². The molecule has 0 aliphatic carbocycles. The van der Waals surface area contributed by atoms with E-state index in [4.69, 9.17) is 4.42 Å². The molecular formula is C16H20N4O2S. The molecule has 0 spiro atoms. The Morgan fingerprint density at radius 3 is 2.78 bits per heavy atom. The summed E-state index contributed by atoms with van der Waals surface area (Å²) >= 11 is 1.45. The van der Waals surface area contributed by atoms with Gasteiger partial charge in [-0.3, -0.25) is 9.48 Å². The van der Waals surface area contributed by atoms with Crippen molar-refractivity contribution in [2.75, 3.05) is 0 Å². The number of amides is 1. The van der Waals surface area contributed by atoms with Crippen molar-refractivity contribution >= 4 is 27.5 Å². The van der Waals surface area contributed by atoms with Gasteiger partial charge in [0.15, 0.2) is 0 Å². The third-order valence-electron chi connectivity index (χ3n) is 3.78. The first-order valence-corrected chi connectivity index (χ1v) is 8.36. The van der Waals surface area contributed by atoms with Gasteiger partial charge >= 0.3 is 0 Å². The molecule has 1 amide bonds. The molecule has 0 fully saturated rings. The summed E-state index contributed by atoms with van der Waals surface area (Å²) < 4.78 is 7.32. The Bertz CT molecular complexity index is 853. The van der Waals surface area contributed by atoms with E-state index in [0.29, 0.717) is 16.7 Å². The molecule has 7 heteroatoms. The van der Waals surface area contributed by atoms with E-state index in [2.05, 4.69) is 29.2 Å². The Labute approximate surface area is 138 Å². The van der Waals surface area contributed by atoms with Gasteiger partial charge < -0.3 is 9.73 Å². The average Bonchev–Trinajstić information content (AvgIpc) is 3.13. The summed E-state index contributed by atoms with van der Waals surface area (Å²) in [6.45, 7) is 8.24. The van der Waals surface area contributed by atoms with Crippen LogP contribution in [0.1, 0.15) is 52.5 Å². The summed E-state index contributed by atoms with van der Waals surface area (Å²) in [5, 5.41) is 8.44. The van der Waals surface area contributed by atoms with Gasteiger partial charge in [-0.1, -0.05) is 13.8 Å². The Kier molecular flexibility index (Phi) is 3.97. The van der Waals surface area contributed by atoms with Crippen LogP contribution in [0.15, 0.2) is 10.5 Å². The number of nitrogens with zero attached hydrogens (tertiary/aromatic N) is 3. The minimum atomic E-state index is -0.116. The molecule has 0 saturated carbocycles. The number of carbonyl (C=O) groups excluding carboxylic acids is 1. The van der Waals surface area contributed by atoms with E-state index in [9.17, 15) is 4.79 Å². The molecular weight excluding hydrogens is 312 g/mol. The van der Waals surface area contributed by atoms with Crippen molar-refractivity contribution in [3.63, 3.8) is 0 Å². The standard InChI is InChI=1S/C16H20N4O2S/c1-8(2)14-11-6-12(23-16(11)20(5)19-14)15(21)17-7-13-18-9(3)10(4)22-13/h6,8H,7H2,1-5H3,(H,17,21). The van der Waals surface area contributed by atoms with Gasteiger partial charge in [0.1, 0.15) is 10.6 Å². The van der Waals surface area contributed by atoms with Gasteiger partial charge in [-0.15, -0.1) is 11.3 Å². The summed E-state index contributed by atoms with van der Waals surface area (Å²) in [7, 11) is 1.91. The van der Waals surface area contributed by atoms with Crippen molar-refractivity contribution < 1.29 is 9.21 Å². The van der Waals surface area contributed by atoms with E-state index in [1.165, 1.54) is 11.3 Å². The molecule has 23 heavy (non-hydrogen) atoms. The highest BCUT2D eigenvalue weighted by atomic mass is 32.1. The van der Waals surface area contributed by atoms with Crippen LogP contribution in [0.25, 0.3) is 10.2 Å². The number of oxazole rings is 1. The molecule has 6 nitrogen and oxygen atoms in total. The second kappa shape index (κ2) is 5.81. The number of thiophene rings is 1. The summed E-state index contributed by atoms with van der Waals surface area (Å²) in [6, 6.07) is 1.92. The molecule has 3 heterocycles. The zero-order valence-corrected chi connectivity index (χ0v) is 14.7. The maximum Gasteiger partial charge on any atom is 0.261 e. The first-order valence-electron chi connectivity index (χ1n) is 7.54. The van der Waals surface area contributed by atoms with Crippen LogP contribution in [0.3, 0.4) is 0 Å². The van der Waals surface area contributed by atoms with Crippen molar-refractivity contribution in [3.8, 4) is 0 Å². The number of aryl methyl sites for hydroxylation is 3. The molecule has 0 radical (unpaired) electrons. The van der Waals surface area contributed by atoms with E-state index >= 15 is 0 Å². The van der Waals surface area contributed by atoms with Crippen LogP contribution >= 0.6 is 11.3 Å². The van der Waals surface area contributed by atoms with E-state index in [-0.39, 0.29) is 12.5 Å². The fourth-order valence-corrected chi connectivity index (χ4v) is 3.46. The predicted molar refractivity (Wildman–Crippen MR) is 89.8 cm³/mol. The van der Waals surface area contributed by atoms with E-state index in [0.717, 1.165) is 27.4 Å². The Morgan fingerprint density at radius 2 is 2.17 bits per heavy atom. The highest BCUT2D eigenvalue weighted by molar-refractivity contribution is 7.20. The molecule has 3 aromatic rings. The number of nitrogens with one attached hydrogen (secondary N) is 1. The Morgan fingerprint density at radius 1 is 1.43 bits per heavy atom. The molecule has 3 aromatic heterocycles. The van der Waals surface area contributed by atoms with Gasteiger partial charge in [-0.05, 0) is 25.8 Å². The number of hydrogen-bond donors (Lipinski definition) is 1. The number of fused-ring (bicyclic) bond motifs is 1. The highest BCUT2D eigenvalue weighted by Crippen LogP contribution is 2.31. The van der Waals surface area contributed by atoms with Gasteiger partial charge in [0, 0.05) is 12.4 Å². The fourth-order valence-electron chi connectivity index (χ4n) is 2.46. The van der Waals surface area contributed by atoms with Crippen molar-refractivity contribution in [3.05, 3.63) is 34.0 Å². The number of rotatable bonds is 4. The molecule has 0 atom stereocenters. The number of hydrogen-bond acceptors (Lipinski definition) is 5. The monoisotopic (exact) mass is 332 g/mol. The average molecular weight is 332 g/mol. The zero-order chi connectivity index (χ0) is 16.7. The lowest BCUT2D eigenvalue weighted by Gasteiger charge is -2.01. The highest BCUT2D eigenvalue weighted by Gasteiger charge is 2.18. The summed E-state index contributed by atoms with van der Waals surface area (Å²) in [5.41, 5.74) is 1.88. The minimum Gasteiger partial charge on any atom is -0.444 e. The lowest BCUT2D eigenvalue weighted by molar-refractivity contribution is 0.0951. The van der Waals surface area contributed by atoms with Gasteiger partial charge in [0.2, 0.25) is 5.89 Å². The molecule has 3 rings (SSSR count). The van der Waals surface area contributed by atoms with Crippen molar-refractivity contribution in [1.29, 1.82) is 0 Å². The first-order chi connectivity index (χ1) is 10.9. The van der Waals surface area contributed by atoms with Crippen LogP contribution < -0.4 is 5.32 Å². The van der Waals surface area contributed by atoms with Crippen molar-refractivity contribution in [2.45, 2.75) is 40.2 Å². The molecule has 0 bridgehead atoms. The summed E-state index contributed by atoms with van der Waals surface area (Å²) in [5.74, 6) is 1.51. The van der Waals surface area contributed by atoms with Crippen LogP contribution in [0.5, 0.6) is 0 Å². The lowest BCUT2D eigenvalue weighted by atomic mass is 10.1. The lowest BCUT2D eigenvalue weighted by Crippen LogP contribution is -2.22. The van der Waals surface area contributed by atoms with Crippen LogP contribution in [0.2, 0.25) is 0 Å². The molecule has 0 saturated heterocycles. The van der Waals surface area contributed by atoms with Crippen LogP contribution in [0.4, 0.5) is 0 Å². The second-order valence-corrected chi connectivity index (χ2v) is 6.96. The minimum absolute atomic E-state index is 0.116. The van der Waals surface area contributed by atoms with Gasteiger partial charge in [0.25, 0.3) is 5.91 Å². The van der Waals surface area contributed by atoms with Crippen LogP contribution in [-0.4, -0.2) is 20.7 Å². The Balaban J connectivity index is 1.79. The largest absolute Gasteiger partial charge is 0.444 e. The third kappa shape index (κ3) is 2.88. The second-order valence-electron chi connectivity index (χ2n) is 5.92. The molecule has 0 unspecified atom stereocenters. The zero-order valence-electron chi connectivity index (χ0n) is 13.9. The number of carbonyl (C=O) groups is 1. The topological polar surface area (TPSA) is 73.0 Å². The fraction of sp³-hybridized carbons (Fsp3) is 0.438. The van der Waals surface area contributed by atoms with Crippen LogP contribution in [-0.2, 0) is 13.6 Å². The third-order valence-corrected chi connectivity index (χ3v) is 4.98. The quantitative estimate of drug-likeness (QED) is 0.795. The maximum atomic E-state index is 12.4. The van der Waals surface area contributed by atoms with Gasteiger partial charge in [-0.2, -0.15) is 5.10 Å². The molecule has 0 aliphatic rings.